The number of likely N-dealkylation sites (N-methyl/N-ethyl adjacent to an activating group) is 1. The molecule has 38 heavy (non-hydrogen) atoms. The summed E-state index contributed by atoms with van der Waals surface area (Å²) in [5, 5.41) is 17.0. The summed E-state index contributed by atoms with van der Waals surface area (Å²) in [7, 11) is 1.94. The summed E-state index contributed by atoms with van der Waals surface area (Å²) in [6.45, 7) is 4.32. The molecule has 0 amide bonds. The van der Waals surface area contributed by atoms with Crippen LogP contribution in [0.15, 0.2) is 93.3 Å². The summed E-state index contributed by atoms with van der Waals surface area (Å²) >= 11 is 0. The van der Waals surface area contributed by atoms with Crippen LogP contribution in [0.25, 0.3) is 0 Å². The normalized spacial score (nSPS) is 11.0. The maximum atomic E-state index is 11.2. The average Bonchev–Trinajstić information content (AvgIpc) is 2.96. The SMILES string of the molecule is CCC(=O)OCCN(C)c1ccc(N=Nc2ccc(N=Nc3ccc(OCOC(=O)CC)cc3)cc2)cc1. The molecule has 0 spiro atoms. The number of azo groups is 2. The molecule has 0 heterocycles. The number of hydrogen-bond acceptors (Lipinski definition) is 10. The quantitative estimate of drug-likeness (QED) is 0.135. The van der Waals surface area contributed by atoms with E-state index in [9.17, 15) is 9.59 Å². The Hall–Kier alpha value is -4.60. The molecular formula is C28H31N5O5. The van der Waals surface area contributed by atoms with E-state index >= 15 is 0 Å². The summed E-state index contributed by atoms with van der Waals surface area (Å²) in [4.78, 5) is 24.4. The van der Waals surface area contributed by atoms with E-state index < -0.39 is 0 Å². The van der Waals surface area contributed by atoms with Gasteiger partial charge >= 0.3 is 11.9 Å². The van der Waals surface area contributed by atoms with Crippen molar-refractivity contribution < 1.29 is 23.8 Å². The second kappa shape index (κ2) is 14.8. The Morgan fingerprint density at radius 1 is 0.658 bits per heavy atom. The zero-order valence-corrected chi connectivity index (χ0v) is 21.7. The fourth-order valence-corrected chi connectivity index (χ4v) is 2.99. The van der Waals surface area contributed by atoms with Gasteiger partial charge in [0.2, 0.25) is 6.79 Å². The van der Waals surface area contributed by atoms with Crippen LogP contribution < -0.4 is 9.64 Å². The zero-order chi connectivity index (χ0) is 27.2. The molecule has 0 N–H and O–H groups in total. The molecule has 0 radical (unpaired) electrons. The van der Waals surface area contributed by atoms with E-state index in [0.29, 0.717) is 48.8 Å². The van der Waals surface area contributed by atoms with Gasteiger partial charge in [-0.3, -0.25) is 9.59 Å². The molecule has 10 heteroatoms. The third-order valence-electron chi connectivity index (χ3n) is 5.25. The number of nitrogens with zero attached hydrogens (tertiary/aromatic N) is 5. The van der Waals surface area contributed by atoms with Crippen molar-refractivity contribution in [1.82, 2.24) is 0 Å². The minimum Gasteiger partial charge on any atom is -0.464 e. The van der Waals surface area contributed by atoms with Crippen LogP contribution in [-0.2, 0) is 19.1 Å². The average molecular weight is 518 g/mol. The van der Waals surface area contributed by atoms with Gasteiger partial charge in [-0.1, -0.05) is 13.8 Å². The lowest BCUT2D eigenvalue weighted by Gasteiger charge is -2.19. The van der Waals surface area contributed by atoms with Crippen LogP contribution in [0.2, 0.25) is 0 Å². The molecule has 0 saturated heterocycles. The van der Waals surface area contributed by atoms with Gasteiger partial charge in [-0.25, -0.2) is 0 Å². The topological polar surface area (TPSA) is 115 Å². The monoisotopic (exact) mass is 517 g/mol. The summed E-state index contributed by atoms with van der Waals surface area (Å²) in [5.74, 6) is 0.0566. The molecule has 0 unspecified atom stereocenters. The molecule has 0 fully saturated rings. The summed E-state index contributed by atoms with van der Waals surface area (Å²) < 4.78 is 15.4. The van der Waals surface area contributed by atoms with Gasteiger partial charge in [0.15, 0.2) is 0 Å². The highest BCUT2D eigenvalue weighted by Crippen LogP contribution is 2.25. The predicted molar refractivity (Wildman–Crippen MR) is 144 cm³/mol. The predicted octanol–water partition coefficient (Wildman–Crippen LogP) is 7.20. The molecule has 0 atom stereocenters. The van der Waals surface area contributed by atoms with E-state index in [0.717, 1.165) is 11.4 Å². The lowest BCUT2D eigenvalue weighted by Crippen LogP contribution is -2.23. The molecule has 198 valence electrons. The second-order valence-corrected chi connectivity index (χ2v) is 8.05. The van der Waals surface area contributed by atoms with Gasteiger partial charge in [0, 0.05) is 25.6 Å². The van der Waals surface area contributed by atoms with Crippen molar-refractivity contribution in [2.75, 3.05) is 31.9 Å². The molecule has 0 aliphatic heterocycles. The lowest BCUT2D eigenvalue weighted by atomic mass is 10.2. The van der Waals surface area contributed by atoms with Crippen LogP contribution >= 0.6 is 0 Å². The highest BCUT2D eigenvalue weighted by Gasteiger charge is 2.04. The molecule has 0 aliphatic rings. The Labute approximate surface area is 222 Å². The summed E-state index contributed by atoms with van der Waals surface area (Å²) in [6.07, 6.45) is 0.684. The first-order valence-electron chi connectivity index (χ1n) is 12.3. The lowest BCUT2D eigenvalue weighted by molar-refractivity contribution is -0.149. The van der Waals surface area contributed by atoms with Crippen molar-refractivity contribution in [3.8, 4) is 5.75 Å². The third kappa shape index (κ3) is 9.45. The van der Waals surface area contributed by atoms with Crippen LogP contribution in [0, 0.1) is 0 Å². The van der Waals surface area contributed by atoms with Crippen molar-refractivity contribution >= 4 is 40.4 Å². The highest BCUT2D eigenvalue weighted by molar-refractivity contribution is 5.69. The molecule has 0 aromatic heterocycles. The molecule has 0 saturated carbocycles. The number of rotatable bonds is 13. The van der Waals surface area contributed by atoms with Crippen molar-refractivity contribution in [2.24, 2.45) is 20.5 Å². The standard InChI is InChI=1S/C28H31N5O5/c1-4-27(34)36-19-18-33(3)25-14-10-23(11-15-25)31-29-21-6-8-22(9-7-21)30-32-24-12-16-26(17-13-24)37-20-38-28(35)5-2/h6-17H,4-5,18-20H2,1-3H3. The minimum atomic E-state index is -0.314. The van der Waals surface area contributed by atoms with Crippen LogP contribution in [-0.4, -0.2) is 38.9 Å². The van der Waals surface area contributed by atoms with Crippen molar-refractivity contribution in [3.63, 3.8) is 0 Å². The number of esters is 2. The van der Waals surface area contributed by atoms with Gasteiger partial charge in [-0.2, -0.15) is 20.5 Å². The molecule has 3 aromatic carbocycles. The van der Waals surface area contributed by atoms with E-state index in [1.54, 1.807) is 50.2 Å². The zero-order valence-electron chi connectivity index (χ0n) is 21.7. The first-order chi connectivity index (χ1) is 18.5. The van der Waals surface area contributed by atoms with Gasteiger partial charge < -0.3 is 19.1 Å². The Bertz CT molecular complexity index is 1230. The van der Waals surface area contributed by atoms with Crippen molar-refractivity contribution in [3.05, 3.63) is 72.8 Å². The van der Waals surface area contributed by atoms with Crippen molar-refractivity contribution in [1.29, 1.82) is 0 Å². The van der Waals surface area contributed by atoms with Crippen LogP contribution in [0.5, 0.6) is 5.75 Å². The van der Waals surface area contributed by atoms with E-state index in [1.807, 2.05) is 48.3 Å². The number of ether oxygens (including phenoxy) is 3. The second-order valence-electron chi connectivity index (χ2n) is 8.05. The van der Waals surface area contributed by atoms with Crippen LogP contribution in [0.4, 0.5) is 28.4 Å². The van der Waals surface area contributed by atoms with E-state index in [2.05, 4.69) is 20.5 Å². The Morgan fingerprint density at radius 2 is 1.08 bits per heavy atom. The van der Waals surface area contributed by atoms with Gasteiger partial charge in [-0.15, -0.1) is 0 Å². The van der Waals surface area contributed by atoms with Gasteiger partial charge in [0.1, 0.15) is 12.4 Å². The summed E-state index contributed by atoms with van der Waals surface area (Å²) in [6, 6.07) is 21.9. The Morgan fingerprint density at radius 3 is 1.55 bits per heavy atom. The number of carbonyl (C=O) groups excluding carboxylic acids is 2. The Balaban J connectivity index is 1.47. The third-order valence-corrected chi connectivity index (χ3v) is 5.25. The summed E-state index contributed by atoms with van der Waals surface area (Å²) in [5.41, 5.74) is 3.73. The maximum absolute atomic E-state index is 11.2. The van der Waals surface area contributed by atoms with E-state index in [1.165, 1.54) is 0 Å². The van der Waals surface area contributed by atoms with Crippen molar-refractivity contribution in [2.45, 2.75) is 26.7 Å². The first kappa shape index (κ1) is 28.0. The highest BCUT2D eigenvalue weighted by atomic mass is 16.7. The minimum absolute atomic E-state index is 0.126. The smallest absolute Gasteiger partial charge is 0.308 e. The number of benzene rings is 3. The van der Waals surface area contributed by atoms with Gasteiger partial charge in [-0.05, 0) is 72.8 Å². The van der Waals surface area contributed by atoms with E-state index in [4.69, 9.17) is 14.2 Å². The van der Waals surface area contributed by atoms with Crippen LogP contribution in [0.1, 0.15) is 26.7 Å². The fraction of sp³-hybridized carbons (Fsp3) is 0.286. The molecule has 3 aromatic rings. The molecular weight excluding hydrogens is 486 g/mol. The number of anilines is 1. The van der Waals surface area contributed by atoms with E-state index in [-0.39, 0.29) is 18.7 Å². The largest absolute Gasteiger partial charge is 0.464 e. The molecule has 0 aliphatic carbocycles. The van der Waals surface area contributed by atoms with Gasteiger partial charge in [0.05, 0.1) is 29.3 Å². The maximum Gasteiger partial charge on any atom is 0.308 e. The first-order valence-corrected chi connectivity index (χ1v) is 12.3. The molecule has 0 bridgehead atoms. The van der Waals surface area contributed by atoms with Crippen LogP contribution in [0.3, 0.4) is 0 Å². The molecule has 3 rings (SSSR count). The fourth-order valence-electron chi connectivity index (χ4n) is 2.99. The number of carbonyl (C=O) groups is 2. The number of hydrogen-bond donors (Lipinski definition) is 0. The molecule has 10 nitrogen and oxygen atoms in total. The Kier molecular flexibility index (Phi) is 10.9. The van der Waals surface area contributed by atoms with Gasteiger partial charge in [0.25, 0.3) is 0 Å².